The molecule has 0 N–H and O–H groups in total. The zero-order valence-corrected chi connectivity index (χ0v) is 14.9. The van der Waals surface area contributed by atoms with Gasteiger partial charge < -0.3 is 9.26 Å². The number of benzene rings is 1. The number of carbonyl (C=O) groups excluding carboxylic acids is 1. The van der Waals surface area contributed by atoms with Crippen molar-refractivity contribution in [3.63, 3.8) is 0 Å². The first-order valence-electron chi connectivity index (χ1n) is 8.25. The Morgan fingerprint density at radius 3 is 2.48 bits per heavy atom. The molecule has 0 radical (unpaired) electrons. The lowest BCUT2D eigenvalue weighted by Gasteiger charge is -2.09. The van der Waals surface area contributed by atoms with Crippen molar-refractivity contribution in [2.75, 3.05) is 7.11 Å². The van der Waals surface area contributed by atoms with E-state index < -0.39 is 0 Å². The van der Waals surface area contributed by atoms with Crippen molar-refractivity contribution in [2.24, 2.45) is 0 Å². The summed E-state index contributed by atoms with van der Waals surface area (Å²) in [6.07, 6.45) is 2.51. The van der Waals surface area contributed by atoms with Gasteiger partial charge in [0.25, 0.3) is 0 Å². The van der Waals surface area contributed by atoms with Crippen LogP contribution in [0.3, 0.4) is 0 Å². The Balaban J connectivity index is 2.28. The molecule has 0 atom stereocenters. The molecule has 0 spiro atoms. The van der Waals surface area contributed by atoms with Crippen LogP contribution in [0.2, 0.25) is 0 Å². The molecule has 2 aromatic heterocycles. The van der Waals surface area contributed by atoms with Gasteiger partial charge in [-0.05, 0) is 44.5 Å². The molecule has 0 amide bonds. The van der Waals surface area contributed by atoms with Gasteiger partial charge in [0.05, 0.1) is 41.0 Å². The van der Waals surface area contributed by atoms with Crippen molar-refractivity contribution in [3.8, 4) is 22.7 Å². The fourth-order valence-corrected chi connectivity index (χ4v) is 2.99. The zero-order valence-electron chi connectivity index (χ0n) is 14.9. The van der Waals surface area contributed by atoms with E-state index in [1.165, 1.54) is 0 Å². The van der Waals surface area contributed by atoms with Crippen LogP contribution in [0.4, 0.5) is 0 Å². The number of aromatic nitrogens is 3. The SMILES string of the molecule is CCCc1nn(-c2ccc(OC)cc2)c(-c2c(C)noc2C)c1C=O. The summed E-state index contributed by atoms with van der Waals surface area (Å²) in [4.78, 5) is 11.9. The highest BCUT2D eigenvalue weighted by Gasteiger charge is 2.24. The molecule has 130 valence electrons. The van der Waals surface area contributed by atoms with E-state index in [0.717, 1.165) is 53.2 Å². The van der Waals surface area contributed by atoms with Gasteiger partial charge in [-0.2, -0.15) is 5.10 Å². The molecule has 3 rings (SSSR count). The molecule has 0 aliphatic heterocycles. The topological polar surface area (TPSA) is 70.2 Å². The van der Waals surface area contributed by atoms with Crippen molar-refractivity contribution >= 4 is 6.29 Å². The van der Waals surface area contributed by atoms with Crippen LogP contribution in [0.15, 0.2) is 28.8 Å². The second-order valence-electron chi connectivity index (χ2n) is 5.89. The second-order valence-corrected chi connectivity index (χ2v) is 5.89. The quantitative estimate of drug-likeness (QED) is 0.637. The third kappa shape index (κ3) is 2.95. The first-order chi connectivity index (χ1) is 12.1. The van der Waals surface area contributed by atoms with E-state index >= 15 is 0 Å². The standard InChI is InChI=1S/C19H21N3O3/c1-5-6-17-16(11-23)19(18-12(2)21-25-13(18)3)22(20-17)14-7-9-15(24-4)10-8-14/h7-11H,5-6H2,1-4H3. The summed E-state index contributed by atoms with van der Waals surface area (Å²) in [6, 6.07) is 7.57. The molecule has 0 saturated heterocycles. The summed E-state index contributed by atoms with van der Waals surface area (Å²) in [5, 5.41) is 8.74. The minimum Gasteiger partial charge on any atom is -0.497 e. The highest BCUT2D eigenvalue weighted by Crippen LogP contribution is 2.33. The van der Waals surface area contributed by atoms with Gasteiger partial charge >= 0.3 is 0 Å². The van der Waals surface area contributed by atoms with Gasteiger partial charge in [-0.1, -0.05) is 18.5 Å². The van der Waals surface area contributed by atoms with Gasteiger partial charge in [-0.15, -0.1) is 0 Å². The largest absolute Gasteiger partial charge is 0.497 e. The van der Waals surface area contributed by atoms with E-state index in [-0.39, 0.29) is 0 Å². The minimum atomic E-state index is 0.590. The molecule has 0 bridgehead atoms. The molecular weight excluding hydrogens is 318 g/mol. The Bertz CT molecular complexity index is 872. The minimum absolute atomic E-state index is 0.590. The Labute approximate surface area is 146 Å². The van der Waals surface area contributed by atoms with Crippen LogP contribution < -0.4 is 4.74 Å². The molecule has 1 aromatic carbocycles. The van der Waals surface area contributed by atoms with Crippen molar-refractivity contribution in [1.29, 1.82) is 0 Å². The average Bonchev–Trinajstić information content (AvgIpc) is 3.14. The van der Waals surface area contributed by atoms with Crippen molar-refractivity contribution < 1.29 is 14.1 Å². The Morgan fingerprint density at radius 1 is 1.24 bits per heavy atom. The van der Waals surface area contributed by atoms with E-state index in [1.54, 1.807) is 11.8 Å². The summed E-state index contributed by atoms with van der Waals surface area (Å²) >= 11 is 0. The molecular formula is C19H21N3O3. The monoisotopic (exact) mass is 339 g/mol. The number of aldehydes is 1. The summed E-state index contributed by atoms with van der Waals surface area (Å²) in [6.45, 7) is 5.77. The summed E-state index contributed by atoms with van der Waals surface area (Å²) in [5.41, 5.74) is 4.49. The summed E-state index contributed by atoms with van der Waals surface area (Å²) < 4.78 is 12.3. The molecule has 3 aromatic rings. The molecule has 0 aliphatic carbocycles. The first kappa shape index (κ1) is 17.0. The molecule has 2 heterocycles. The van der Waals surface area contributed by atoms with Gasteiger partial charge in [0.15, 0.2) is 6.29 Å². The van der Waals surface area contributed by atoms with Crippen LogP contribution in [0.1, 0.15) is 40.9 Å². The van der Waals surface area contributed by atoms with Crippen LogP contribution in [-0.2, 0) is 6.42 Å². The lowest BCUT2D eigenvalue weighted by atomic mass is 10.0. The third-order valence-corrected chi connectivity index (χ3v) is 4.19. The van der Waals surface area contributed by atoms with Crippen molar-refractivity contribution in [3.05, 3.63) is 47.0 Å². The van der Waals surface area contributed by atoms with Crippen LogP contribution in [0, 0.1) is 13.8 Å². The number of carbonyl (C=O) groups is 1. The molecule has 0 fully saturated rings. The van der Waals surface area contributed by atoms with E-state index in [4.69, 9.17) is 14.4 Å². The first-order valence-corrected chi connectivity index (χ1v) is 8.25. The van der Waals surface area contributed by atoms with E-state index in [1.807, 2.05) is 38.1 Å². The maximum atomic E-state index is 11.9. The molecule has 25 heavy (non-hydrogen) atoms. The van der Waals surface area contributed by atoms with Gasteiger partial charge in [0, 0.05) is 0 Å². The number of hydrogen-bond donors (Lipinski definition) is 0. The highest BCUT2D eigenvalue weighted by molar-refractivity contribution is 5.89. The maximum Gasteiger partial charge on any atom is 0.154 e. The van der Waals surface area contributed by atoms with E-state index in [2.05, 4.69) is 12.1 Å². The lowest BCUT2D eigenvalue weighted by Crippen LogP contribution is -2.01. The van der Waals surface area contributed by atoms with E-state index in [9.17, 15) is 4.79 Å². The maximum absolute atomic E-state index is 11.9. The molecule has 6 heteroatoms. The third-order valence-electron chi connectivity index (χ3n) is 4.19. The number of aryl methyl sites for hydroxylation is 3. The smallest absolute Gasteiger partial charge is 0.154 e. The normalized spacial score (nSPS) is 10.9. The summed E-state index contributed by atoms with van der Waals surface area (Å²) in [5.74, 6) is 1.43. The second kappa shape index (κ2) is 6.93. The van der Waals surface area contributed by atoms with Crippen molar-refractivity contribution in [1.82, 2.24) is 14.9 Å². The van der Waals surface area contributed by atoms with Crippen LogP contribution in [0.25, 0.3) is 16.9 Å². The fraction of sp³-hybridized carbons (Fsp3) is 0.316. The number of rotatable bonds is 6. The number of hydrogen-bond acceptors (Lipinski definition) is 5. The van der Waals surface area contributed by atoms with Crippen LogP contribution in [0.5, 0.6) is 5.75 Å². The van der Waals surface area contributed by atoms with Gasteiger partial charge in [0.1, 0.15) is 11.5 Å². The van der Waals surface area contributed by atoms with Crippen molar-refractivity contribution in [2.45, 2.75) is 33.6 Å². The predicted molar refractivity (Wildman–Crippen MR) is 94.5 cm³/mol. The summed E-state index contributed by atoms with van der Waals surface area (Å²) in [7, 11) is 1.63. The van der Waals surface area contributed by atoms with Gasteiger partial charge in [0.2, 0.25) is 0 Å². The highest BCUT2D eigenvalue weighted by atomic mass is 16.5. The number of nitrogens with zero attached hydrogens (tertiary/aromatic N) is 3. The molecule has 0 unspecified atom stereocenters. The van der Waals surface area contributed by atoms with Crippen LogP contribution in [-0.4, -0.2) is 28.3 Å². The zero-order chi connectivity index (χ0) is 18.0. The van der Waals surface area contributed by atoms with Crippen LogP contribution >= 0.6 is 0 Å². The lowest BCUT2D eigenvalue weighted by molar-refractivity contribution is 0.112. The Morgan fingerprint density at radius 2 is 1.96 bits per heavy atom. The Hall–Kier alpha value is -2.89. The van der Waals surface area contributed by atoms with Gasteiger partial charge in [-0.3, -0.25) is 4.79 Å². The number of methoxy groups -OCH3 is 1. The molecule has 0 saturated carbocycles. The van der Waals surface area contributed by atoms with Gasteiger partial charge in [-0.25, -0.2) is 4.68 Å². The predicted octanol–water partition coefficient (Wildman–Crippen LogP) is 3.92. The fourth-order valence-electron chi connectivity index (χ4n) is 2.99. The van der Waals surface area contributed by atoms with E-state index in [0.29, 0.717) is 11.3 Å². The Kier molecular flexibility index (Phi) is 4.70. The number of ether oxygens (including phenoxy) is 1. The average molecular weight is 339 g/mol. The molecule has 0 aliphatic rings. The molecule has 6 nitrogen and oxygen atoms in total.